The Morgan fingerprint density at radius 3 is 2.69 bits per heavy atom. The quantitative estimate of drug-likeness (QED) is 0.856. The summed E-state index contributed by atoms with van der Waals surface area (Å²) < 4.78 is 29.4. The average molecular weight is 277 g/mol. The van der Waals surface area contributed by atoms with Crippen LogP contribution < -0.4 is 4.72 Å². The lowest BCUT2D eigenvalue weighted by atomic mass is 10.5. The Hall–Kier alpha value is -1.25. The predicted octanol–water partition coefficient (Wildman–Crippen LogP) is 1.39. The van der Waals surface area contributed by atoms with Gasteiger partial charge in [-0.1, -0.05) is 16.1 Å². The molecule has 6 nitrogen and oxygen atoms in total. The molecule has 0 amide bonds. The first-order chi connectivity index (χ1) is 7.58. The van der Waals surface area contributed by atoms with E-state index in [1.165, 1.54) is 24.5 Å². The molecule has 0 aromatic carbocycles. The van der Waals surface area contributed by atoms with Crippen molar-refractivity contribution in [1.82, 2.24) is 14.6 Å². The molecule has 0 saturated carbocycles. The van der Waals surface area contributed by atoms with Crippen LogP contribution in [-0.4, -0.2) is 23.0 Å². The summed E-state index contributed by atoms with van der Waals surface area (Å²) in [4.78, 5) is 3.73. The van der Waals surface area contributed by atoms with Crippen LogP contribution in [-0.2, 0) is 10.0 Å². The highest BCUT2D eigenvalue weighted by molar-refractivity contribution is 7.93. The van der Waals surface area contributed by atoms with Crippen molar-refractivity contribution in [2.45, 2.75) is 4.90 Å². The topological polar surface area (TPSA) is 84.8 Å². The summed E-state index contributed by atoms with van der Waals surface area (Å²) >= 11 is 6.51. The number of aromatic nitrogens is 3. The summed E-state index contributed by atoms with van der Waals surface area (Å²) in [6, 6.07) is 2.77. The molecule has 0 saturated heterocycles. The van der Waals surface area contributed by atoms with E-state index in [1.807, 2.05) is 0 Å². The largest absolute Gasteiger partial charge is 0.268 e. The van der Waals surface area contributed by atoms with E-state index in [0.717, 1.165) is 11.5 Å². The van der Waals surface area contributed by atoms with Crippen molar-refractivity contribution in [3.8, 4) is 0 Å². The van der Waals surface area contributed by atoms with Crippen molar-refractivity contribution in [3.05, 3.63) is 29.7 Å². The smallest absolute Gasteiger partial charge is 0.264 e. The molecule has 2 heterocycles. The maximum Gasteiger partial charge on any atom is 0.264 e. The van der Waals surface area contributed by atoms with Crippen molar-refractivity contribution in [3.63, 3.8) is 0 Å². The van der Waals surface area contributed by atoms with Crippen molar-refractivity contribution in [1.29, 1.82) is 0 Å². The fourth-order valence-electron chi connectivity index (χ4n) is 0.925. The summed E-state index contributed by atoms with van der Waals surface area (Å²) in [7, 11) is -3.64. The summed E-state index contributed by atoms with van der Waals surface area (Å²) in [6.07, 6.45) is 2.50. The van der Waals surface area contributed by atoms with Crippen LogP contribution in [0, 0.1) is 0 Å². The number of nitrogens with zero attached hydrogens (tertiary/aromatic N) is 3. The molecule has 0 aliphatic rings. The molecule has 0 aliphatic carbocycles. The maximum atomic E-state index is 11.8. The monoisotopic (exact) mass is 276 g/mol. The van der Waals surface area contributed by atoms with Gasteiger partial charge in [0.15, 0.2) is 0 Å². The number of hydrogen-bond donors (Lipinski definition) is 1. The summed E-state index contributed by atoms with van der Waals surface area (Å²) in [6.45, 7) is 0. The first-order valence-corrected chi connectivity index (χ1v) is 6.63. The van der Waals surface area contributed by atoms with E-state index < -0.39 is 10.0 Å². The van der Waals surface area contributed by atoms with Crippen LogP contribution in [0.1, 0.15) is 0 Å². The molecule has 16 heavy (non-hydrogen) atoms. The fourth-order valence-corrected chi connectivity index (χ4v) is 2.67. The number of sulfonamides is 1. The van der Waals surface area contributed by atoms with Gasteiger partial charge < -0.3 is 0 Å². The zero-order valence-corrected chi connectivity index (χ0v) is 10.1. The number of rotatable bonds is 3. The SMILES string of the molecule is O=S(=O)(Nc1cnns1)c1ccc(Cl)nc1. The second-order valence-corrected chi connectivity index (χ2v) is 5.56. The Bertz CT molecular complexity index is 567. The summed E-state index contributed by atoms with van der Waals surface area (Å²) in [5.41, 5.74) is 0. The lowest BCUT2D eigenvalue weighted by Crippen LogP contribution is -2.12. The molecule has 1 N–H and O–H groups in total. The third-order valence-electron chi connectivity index (χ3n) is 1.61. The van der Waals surface area contributed by atoms with Gasteiger partial charge in [-0.25, -0.2) is 13.4 Å². The molecular weight excluding hydrogens is 272 g/mol. The third kappa shape index (κ3) is 2.46. The van der Waals surface area contributed by atoms with Gasteiger partial charge in [0.05, 0.1) is 6.20 Å². The highest BCUT2D eigenvalue weighted by Gasteiger charge is 2.15. The minimum absolute atomic E-state index is 0.0327. The van der Waals surface area contributed by atoms with Crippen LogP contribution in [0.4, 0.5) is 5.00 Å². The van der Waals surface area contributed by atoms with Crippen LogP contribution in [0.15, 0.2) is 29.4 Å². The molecule has 9 heteroatoms. The van der Waals surface area contributed by atoms with Crippen LogP contribution in [0.25, 0.3) is 0 Å². The van der Waals surface area contributed by atoms with Gasteiger partial charge in [0.1, 0.15) is 15.0 Å². The molecule has 0 spiro atoms. The first-order valence-electron chi connectivity index (χ1n) is 4.00. The van der Waals surface area contributed by atoms with Crippen molar-refractivity contribution >= 4 is 38.2 Å². The van der Waals surface area contributed by atoms with Gasteiger partial charge >= 0.3 is 0 Å². The molecule has 0 fully saturated rings. The van der Waals surface area contributed by atoms with Crippen molar-refractivity contribution in [2.75, 3.05) is 4.72 Å². The van der Waals surface area contributed by atoms with Gasteiger partial charge in [-0.3, -0.25) is 4.72 Å². The zero-order chi connectivity index (χ0) is 11.6. The normalized spacial score (nSPS) is 11.3. The standard InChI is InChI=1S/C7H5ClN4O2S2/c8-6-2-1-5(3-9-6)16(13,14)11-7-4-10-12-15-7/h1-4,11H. The number of pyridine rings is 1. The van der Waals surface area contributed by atoms with Crippen LogP contribution in [0.3, 0.4) is 0 Å². The lowest BCUT2D eigenvalue weighted by molar-refractivity contribution is 0.601. The fraction of sp³-hybridized carbons (Fsp3) is 0. The van der Waals surface area contributed by atoms with Gasteiger partial charge in [-0.05, 0) is 12.1 Å². The first kappa shape index (κ1) is 11.2. The third-order valence-corrected chi connectivity index (χ3v) is 3.89. The van der Waals surface area contributed by atoms with Gasteiger partial charge in [-0.15, -0.1) is 5.10 Å². The van der Waals surface area contributed by atoms with Gasteiger partial charge in [0, 0.05) is 17.7 Å². The Balaban J connectivity index is 2.29. The predicted molar refractivity (Wildman–Crippen MR) is 60.0 cm³/mol. The van der Waals surface area contributed by atoms with E-state index >= 15 is 0 Å². The molecule has 2 aromatic heterocycles. The second-order valence-electron chi connectivity index (χ2n) is 2.70. The average Bonchev–Trinajstić information content (AvgIpc) is 2.70. The van der Waals surface area contributed by atoms with E-state index in [4.69, 9.17) is 11.6 Å². The molecule has 2 rings (SSSR count). The van der Waals surface area contributed by atoms with Gasteiger partial charge in [-0.2, -0.15) is 0 Å². The van der Waals surface area contributed by atoms with E-state index in [1.54, 1.807) is 0 Å². The number of hydrogen-bond acceptors (Lipinski definition) is 6. The second kappa shape index (κ2) is 4.32. The molecular formula is C7H5ClN4O2S2. The van der Waals surface area contributed by atoms with E-state index in [-0.39, 0.29) is 10.0 Å². The molecule has 0 atom stereocenters. The molecule has 0 bridgehead atoms. The Morgan fingerprint density at radius 1 is 1.31 bits per heavy atom. The lowest BCUT2D eigenvalue weighted by Gasteiger charge is -2.03. The Labute approximate surface area is 101 Å². The number of halogens is 1. The van der Waals surface area contributed by atoms with E-state index in [9.17, 15) is 8.42 Å². The minimum atomic E-state index is -3.64. The van der Waals surface area contributed by atoms with Crippen molar-refractivity contribution in [2.24, 2.45) is 0 Å². The van der Waals surface area contributed by atoms with Gasteiger partial charge in [0.25, 0.3) is 10.0 Å². The van der Waals surface area contributed by atoms with Crippen molar-refractivity contribution < 1.29 is 8.42 Å². The highest BCUT2D eigenvalue weighted by Crippen LogP contribution is 2.17. The maximum absolute atomic E-state index is 11.8. The number of anilines is 1. The summed E-state index contributed by atoms with van der Waals surface area (Å²) in [5, 5.41) is 4.10. The minimum Gasteiger partial charge on any atom is -0.268 e. The van der Waals surface area contributed by atoms with E-state index in [0.29, 0.717) is 5.00 Å². The molecule has 0 aliphatic heterocycles. The Kier molecular flexibility index (Phi) is 3.03. The van der Waals surface area contributed by atoms with Crippen LogP contribution in [0.2, 0.25) is 5.15 Å². The van der Waals surface area contributed by atoms with Crippen LogP contribution >= 0.6 is 23.1 Å². The molecule has 0 unspecified atom stereocenters. The molecule has 2 aromatic rings. The van der Waals surface area contributed by atoms with E-state index in [2.05, 4.69) is 19.3 Å². The van der Waals surface area contributed by atoms with Crippen LogP contribution in [0.5, 0.6) is 0 Å². The number of nitrogens with one attached hydrogen (secondary N) is 1. The zero-order valence-electron chi connectivity index (χ0n) is 7.66. The Morgan fingerprint density at radius 2 is 2.12 bits per heavy atom. The molecule has 0 radical (unpaired) electrons. The molecule has 84 valence electrons. The van der Waals surface area contributed by atoms with Gasteiger partial charge in [0.2, 0.25) is 0 Å². The summed E-state index contributed by atoms with van der Waals surface area (Å²) in [5.74, 6) is 0. The highest BCUT2D eigenvalue weighted by atomic mass is 35.5.